The van der Waals surface area contributed by atoms with Gasteiger partial charge in [-0.15, -0.1) is 0 Å². The molecule has 2 aromatic rings. The average molecular weight is 378 g/mol. The summed E-state index contributed by atoms with van der Waals surface area (Å²) >= 11 is 7.48. The first-order valence-corrected chi connectivity index (χ1v) is 8.74. The van der Waals surface area contributed by atoms with Gasteiger partial charge in [0.1, 0.15) is 15.6 Å². The third-order valence-corrected chi connectivity index (χ3v) is 5.13. The van der Waals surface area contributed by atoms with E-state index in [-0.39, 0.29) is 23.1 Å². The Balaban J connectivity index is 1.88. The van der Waals surface area contributed by atoms with E-state index >= 15 is 0 Å². The molecule has 25 heavy (non-hydrogen) atoms. The Morgan fingerprint density at radius 1 is 1.44 bits per heavy atom. The summed E-state index contributed by atoms with van der Waals surface area (Å²) in [5, 5.41) is 1.34. The van der Waals surface area contributed by atoms with Gasteiger partial charge < -0.3 is 4.74 Å². The molecule has 0 fully saturated rings. The van der Waals surface area contributed by atoms with Gasteiger partial charge in [0.25, 0.3) is 5.91 Å². The Kier molecular flexibility index (Phi) is 4.62. The fraction of sp³-hybridized carbons (Fsp3) is 0.294. The lowest BCUT2D eigenvalue weighted by Gasteiger charge is -2.31. The van der Waals surface area contributed by atoms with Gasteiger partial charge in [0, 0.05) is 37.5 Å². The SMILES string of the molecule is CN(C(=O)C1=CC(=O)CC(C)(C)O1)c1sc(-c2cccnc2)nc1Cl. The molecule has 0 bridgehead atoms. The first-order chi connectivity index (χ1) is 11.8. The molecule has 1 aliphatic heterocycles. The van der Waals surface area contributed by atoms with Crippen LogP contribution in [-0.2, 0) is 14.3 Å². The summed E-state index contributed by atoms with van der Waals surface area (Å²) < 4.78 is 5.66. The predicted molar refractivity (Wildman–Crippen MR) is 96.6 cm³/mol. The van der Waals surface area contributed by atoms with Crippen molar-refractivity contribution < 1.29 is 14.3 Å². The fourth-order valence-electron chi connectivity index (χ4n) is 2.46. The van der Waals surface area contributed by atoms with Crippen molar-refractivity contribution in [2.75, 3.05) is 11.9 Å². The Bertz CT molecular complexity index is 861. The summed E-state index contributed by atoms with van der Waals surface area (Å²) in [5.41, 5.74) is 0.0988. The van der Waals surface area contributed by atoms with E-state index in [4.69, 9.17) is 16.3 Å². The molecular weight excluding hydrogens is 362 g/mol. The Labute approximate surface area is 154 Å². The molecule has 6 nitrogen and oxygen atoms in total. The number of hydrogen-bond donors (Lipinski definition) is 0. The molecule has 0 spiro atoms. The van der Waals surface area contributed by atoms with E-state index in [9.17, 15) is 9.59 Å². The van der Waals surface area contributed by atoms with Crippen molar-refractivity contribution in [1.29, 1.82) is 0 Å². The molecule has 130 valence electrons. The number of nitrogens with zero attached hydrogens (tertiary/aromatic N) is 3. The maximum atomic E-state index is 12.7. The normalized spacial score (nSPS) is 16.2. The van der Waals surface area contributed by atoms with Crippen molar-refractivity contribution in [2.45, 2.75) is 25.9 Å². The highest BCUT2D eigenvalue weighted by atomic mass is 35.5. The Morgan fingerprint density at radius 2 is 2.20 bits per heavy atom. The molecule has 0 atom stereocenters. The first-order valence-electron chi connectivity index (χ1n) is 7.55. The van der Waals surface area contributed by atoms with E-state index in [1.54, 1.807) is 39.4 Å². The van der Waals surface area contributed by atoms with Crippen LogP contribution in [-0.4, -0.2) is 34.3 Å². The van der Waals surface area contributed by atoms with Gasteiger partial charge in [0.15, 0.2) is 16.7 Å². The smallest absolute Gasteiger partial charge is 0.293 e. The van der Waals surface area contributed by atoms with Crippen LogP contribution in [0.25, 0.3) is 10.6 Å². The maximum absolute atomic E-state index is 12.7. The first kappa shape index (κ1) is 17.6. The quantitative estimate of drug-likeness (QED) is 0.818. The summed E-state index contributed by atoms with van der Waals surface area (Å²) in [6, 6.07) is 3.66. The van der Waals surface area contributed by atoms with Gasteiger partial charge in [-0.05, 0) is 26.0 Å². The van der Waals surface area contributed by atoms with Gasteiger partial charge >= 0.3 is 0 Å². The van der Waals surface area contributed by atoms with Crippen LogP contribution < -0.4 is 4.90 Å². The number of anilines is 1. The van der Waals surface area contributed by atoms with Crippen LogP contribution in [0.2, 0.25) is 5.15 Å². The second kappa shape index (κ2) is 6.57. The minimum atomic E-state index is -0.712. The summed E-state index contributed by atoms with van der Waals surface area (Å²) in [5.74, 6) is -0.569. The van der Waals surface area contributed by atoms with E-state index in [1.165, 1.54) is 22.3 Å². The van der Waals surface area contributed by atoms with Crippen LogP contribution in [0.1, 0.15) is 20.3 Å². The minimum absolute atomic E-state index is 0.0103. The molecule has 0 saturated carbocycles. The monoisotopic (exact) mass is 377 g/mol. The Hall–Kier alpha value is -2.25. The van der Waals surface area contributed by atoms with Gasteiger partial charge in [0.2, 0.25) is 0 Å². The molecule has 0 N–H and O–H groups in total. The summed E-state index contributed by atoms with van der Waals surface area (Å²) in [6.45, 7) is 3.54. The summed E-state index contributed by atoms with van der Waals surface area (Å²) in [4.78, 5) is 34.3. The standard InChI is InChI=1S/C17H16ClN3O3S/c1-17(2)8-11(22)7-12(24-17)15(23)21(3)16-13(18)20-14(25-16)10-5-4-6-19-9-10/h4-7,9H,8H2,1-3H3. The van der Waals surface area contributed by atoms with Crippen LogP contribution in [0.3, 0.4) is 0 Å². The molecular formula is C17H16ClN3O3S. The van der Waals surface area contributed by atoms with E-state index in [0.717, 1.165) is 5.56 Å². The number of halogens is 1. The average Bonchev–Trinajstić information content (AvgIpc) is 2.94. The highest BCUT2D eigenvalue weighted by Crippen LogP contribution is 2.38. The van der Waals surface area contributed by atoms with Gasteiger partial charge in [-0.3, -0.25) is 19.5 Å². The molecule has 0 saturated heterocycles. The zero-order chi connectivity index (χ0) is 18.2. The van der Waals surface area contributed by atoms with Crippen molar-refractivity contribution in [2.24, 2.45) is 0 Å². The number of likely N-dealkylation sites (N-methyl/N-ethyl adjacent to an activating group) is 1. The van der Waals surface area contributed by atoms with Crippen LogP contribution in [0.4, 0.5) is 5.00 Å². The predicted octanol–water partition coefficient (Wildman–Crippen LogP) is 3.47. The minimum Gasteiger partial charge on any atom is -0.481 e. The van der Waals surface area contributed by atoms with Gasteiger partial charge in [-0.2, -0.15) is 0 Å². The number of rotatable bonds is 3. The molecule has 0 unspecified atom stereocenters. The maximum Gasteiger partial charge on any atom is 0.293 e. The van der Waals surface area contributed by atoms with Crippen LogP contribution >= 0.6 is 22.9 Å². The van der Waals surface area contributed by atoms with E-state index < -0.39 is 11.5 Å². The topological polar surface area (TPSA) is 72.4 Å². The van der Waals surface area contributed by atoms with E-state index in [0.29, 0.717) is 10.0 Å². The number of hydrogen-bond acceptors (Lipinski definition) is 6. The Morgan fingerprint density at radius 3 is 2.84 bits per heavy atom. The molecule has 0 radical (unpaired) electrons. The van der Waals surface area contributed by atoms with Gasteiger partial charge in [-0.1, -0.05) is 22.9 Å². The van der Waals surface area contributed by atoms with E-state index in [2.05, 4.69) is 9.97 Å². The number of carbonyl (C=O) groups is 2. The zero-order valence-electron chi connectivity index (χ0n) is 13.9. The lowest BCUT2D eigenvalue weighted by molar-refractivity contribution is -0.129. The van der Waals surface area contributed by atoms with Crippen LogP contribution in [0.15, 0.2) is 36.4 Å². The van der Waals surface area contributed by atoms with Crippen LogP contribution in [0.5, 0.6) is 0 Å². The lowest BCUT2D eigenvalue weighted by Crippen LogP contribution is -2.37. The second-order valence-electron chi connectivity index (χ2n) is 6.23. The van der Waals surface area contributed by atoms with Crippen LogP contribution in [0, 0.1) is 0 Å². The van der Waals surface area contributed by atoms with E-state index in [1.807, 2.05) is 6.07 Å². The third kappa shape index (κ3) is 3.72. The number of carbonyl (C=O) groups excluding carboxylic acids is 2. The molecule has 0 aliphatic carbocycles. The lowest BCUT2D eigenvalue weighted by atomic mass is 9.98. The van der Waals surface area contributed by atoms with Crippen molar-refractivity contribution in [3.8, 4) is 10.6 Å². The number of pyridine rings is 1. The van der Waals surface area contributed by atoms with Crippen molar-refractivity contribution >= 4 is 39.6 Å². The number of ether oxygens (including phenoxy) is 1. The third-order valence-electron chi connectivity index (χ3n) is 3.58. The second-order valence-corrected chi connectivity index (χ2v) is 7.57. The molecule has 1 aliphatic rings. The molecule has 8 heteroatoms. The highest BCUT2D eigenvalue weighted by molar-refractivity contribution is 7.19. The fourth-order valence-corrected chi connectivity index (χ4v) is 3.74. The summed E-state index contributed by atoms with van der Waals surface area (Å²) in [6.07, 6.45) is 4.82. The number of thiazole rings is 1. The molecule has 3 heterocycles. The number of aromatic nitrogens is 2. The largest absolute Gasteiger partial charge is 0.481 e. The molecule has 2 aromatic heterocycles. The molecule has 0 aromatic carbocycles. The van der Waals surface area contributed by atoms with Crippen molar-refractivity contribution in [3.05, 3.63) is 41.5 Å². The van der Waals surface area contributed by atoms with Gasteiger partial charge in [0.05, 0.1) is 0 Å². The number of ketones is 1. The molecule has 3 rings (SSSR count). The van der Waals surface area contributed by atoms with Gasteiger partial charge in [-0.25, -0.2) is 4.98 Å². The number of allylic oxidation sites excluding steroid dienone is 1. The molecule has 1 amide bonds. The van der Waals surface area contributed by atoms with Crippen molar-refractivity contribution in [3.63, 3.8) is 0 Å². The highest BCUT2D eigenvalue weighted by Gasteiger charge is 2.34. The van der Waals surface area contributed by atoms with Crippen molar-refractivity contribution in [1.82, 2.24) is 9.97 Å². The number of amides is 1. The summed E-state index contributed by atoms with van der Waals surface area (Å²) in [7, 11) is 1.57. The zero-order valence-corrected chi connectivity index (χ0v) is 15.5.